The fraction of sp³-hybridized carbons (Fsp3) is 0.0714. The monoisotopic (exact) mass is 240 g/mol. The highest BCUT2D eigenvalue weighted by molar-refractivity contribution is 5.88. The van der Waals surface area contributed by atoms with E-state index in [0.717, 1.165) is 27.8 Å². The molecule has 0 amide bonds. The largest absolute Gasteiger partial charge is 0.497 e. The Hall–Kier alpha value is -2.49. The van der Waals surface area contributed by atoms with Gasteiger partial charge in [-0.2, -0.15) is 0 Å². The van der Waals surface area contributed by atoms with Crippen LogP contribution in [0.25, 0.3) is 22.0 Å². The lowest BCUT2D eigenvalue weighted by molar-refractivity contribution is 0.415. The lowest BCUT2D eigenvalue weighted by Gasteiger charge is -2.03. The van der Waals surface area contributed by atoms with Crippen molar-refractivity contribution < 1.29 is 9.26 Å². The van der Waals surface area contributed by atoms with E-state index in [1.165, 1.54) is 0 Å². The first-order chi connectivity index (χ1) is 8.76. The van der Waals surface area contributed by atoms with E-state index >= 15 is 0 Å². The average Bonchev–Trinajstić information content (AvgIpc) is 2.84. The van der Waals surface area contributed by atoms with Gasteiger partial charge in [-0.05, 0) is 29.0 Å². The summed E-state index contributed by atoms with van der Waals surface area (Å²) in [6, 6.07) is 13.7. The number of hydrogen-bond donors (Lipinski definition) is 1. The molecule has 2 N–H and O–H groups in total. The topological polar surface area (TPSA) is 61.3 Å². The van der Waals surface area contributed by atoms with Crippen molar-refractivity contribution in [2.45, 2.75) is 0 Å². The van der Waals surface area contributed by atoms with Gasteiger partial charge in [-0.15, -0.1) is 0 Å². The summed E-state index contributed by atoms with van der Waals surface area (Å²) < 4.78 is 10.1. The van der Waals surface area contributed by atoms with Gasteiger partial charge in [0.2, 0.25) is 5.88 Å². The second-order valence-corrected chi connectivity index (χ2v) is 4.04. The summed E-state index contributed by atoms with van der Waals surface area (Å²) >= 11 is 0. The van der Waals surface area contributed by atoms with E-state index < -0.39 is 0 Å². The molecule has 1 aromatic heterocycles. The Morgan fingerprint density at radius 3 is 2.56 bits per heavy atom. The van der Waals surface area contributed by atoms with Gasteiger partial charge in [0.1, 0.15) is 11.4 Å². The molecule has 0 bridgehead atoms. The molecule has 2 aromatic carbocycles. The molecule has 0 saturated carbocycles. The van der Waals surface area contributed by atoms with E-state index in [0.29, 0.717) is 5.88 Å². The first-order valence-electron chi connectivity index (χ1n) is 5.56. The van der Waals surface area contributed by atoms with Crippen LogP contribution in [0.3, 0.4) is 0 Å². The van der Waals surface area contributed by atoms with Crippen LogP contribution in [0.1, 0.15) is 0 Å². The van der Waals surface area contributed by atoms with Crippen LogP contribution >= 0.6 is 0 Å². The summed E-state index contributed by atoms with van der Waals surface area (Å²) in [6.07, 6.45) is 0. The minimum absolute atomic E-state index is 0.319. The third-order valence-corrected chi connectivity index (χ3v) is 2.87. The number of methoxy groups -OCH3 is 1. The molecular formula is C14H12N2O2. The van der Waals surface area contributed by atoms with Crippen molar-refractivity contribution in [1.29, 1.82) is 0 Å². The molecule has 3 aromatic rings. The van der Waals surface area contributed by atoms with Gasteiger partial charge >= 0.3 is 0 Å². The molecular weight excluding hydrogens is 228 g/mol. The molecule has 0 aliphatic carbocycles. The van der Waals surface area contributed by atoms with Crippen molar-refractivity contribution in [3.05, 3.63) is 42.5 Å². The number of fused-ring (bicyclic) bond motifs is 1. The first kappa shape index (κ1) is 10.7. The Bertz CT molecular complexity index is 704. The number of benzene rings is 2. The highest BCUT2D eigenvalue weighted by Crippen LogP contribution is 2.27. The first-order valence-corrected chi connectivity index (χ1v) is 5.56. The summed E-state index contributed by atoms with van der Waals surface area (Å²) in [5.74, 6) is 1.17. The lowest BCUT2D eigenvalue weighted by atomic mass is 10.0. The van der Waals surface area contributed by atoms with E-state index in [4.69, 9.17) is 15.0 Å². The summed E-state index contributed by atoms with van der Waals surface area (Å²) in [6.45, 7) is 0. The number of anilines is 1. The number of nitrogens with two attached hydrogens (primary N) is 1. The van der Waals surface area contributed by atoms with Crippen molar-refractivity contribution in [2.24, 2.45) is 0 Å². The molecule has 4 heteroatoms. The molecule has 0 radical (unpaired) electrons. The zero-order valence-electron chi connectivity index (χ0n) is 9.88. The maximum absolute atomic E-state index is 5.52. The van der Waals surface area contributed by atoms with Crippen molar-refractivity contribution in [2.75, 3.05) is 12.8 Å². The second kappa shape index (κ2) is 4.07. The van der Waals surface area contributed by atoms with Crippen LogP contribution < -0.4 is 10.5 Å². The third kappa shape index (κ3) is 1.78. The maximum atomic E-state index is 5.52. The molecule has 0 spiro atoms. The predicted octanol–water partition coefficient (Wildman–Crippen LogP) is 3.09. The minimum atomic E-state index is 0.319. The molecule has 0 aliphatic rings. The normalized spacial score (nSPS) is 10.7. The molecule has 0 aliphatic heterocycles. The standard InChI is InChI=1S/C14H12N2O2/c1-17-12-5-4-9-6-11(3-2-10(9)7-12)13-8-14(15)18-16-13/h2-8H,15H2,1H3. The van der Waals surface area contributed by atoms with E-state index in [1.807, 2.05) is 36.4 Å². The summed E-state index contributed by atoms with van der Waals surface area (Å²) in [5, 5.41) is 6.14. The van der Waals surface area contributed by atoms with Gasteiger partial charge in [0.15, 0.2) is 0 Å². The van der Waals surface area contributed by atoms with Crippen LogP contribution in [0.2, 0.25) is 0 Å². The predicted molar refractivity (Wildman–Crippen MR) is 70.4 cm³/mol. The van der Waals surface area contributed by atoms with E-state index in [9.17, 15) is 0 Å². The molecule has 0 saturated heterocycles. The molecule has 0 atom stereocenters. The fourth-order valence-electron chi connectivity index (χ4n) is 1.94. The summed E-state index contributed by atoms with van der Waals surface area (Å²) in [5.41, 5.74) is 7.24. The Labute approximate surface area is 104 Å². The summed E-state index contributed by atoms with van der Waals surface area (Å²) in [7, 11) is 1.66. The number of nitrogens with zero attached hydrogens (tertiary/aromatic N) is 1. The zero-order valence-corrected chi connectivity index (χ0v) is 9.88. The Morgan fingerprint density at radius 1 is 1.06 bits per heavy atom. The van der Waals surface area contributed by atoms with Crippen LogP contribution in [0, 0.1) is 0 Å². The van der Waals surface area contributed by atoms with Crippen molar-refractivity contribution in [3.8, 4) is 17.0 Å². The molecule has 3 rings (SSSR count). The van der Waals surface area contributed by atoms with Crippen LogP contribution in [0.5, 0.6) is 5.75 Å². The minimum Gasteiger partial charge on any atom is -0.497 e. The van der Waals surface area contributed by atoms with Crippen molar-refractivity contribution in [3.63, 3.8) is 0 Å². The van der Waals surface area contributed by atoms with Gasteiger partial charge in [-0.1, -0.05) is 23.4 Å². The van der Waals surface area contributed by atoms with Gasteiger partial charge < -0.3 is 15.0 Å². The third-order valence-electron chi connectivity index (χ3n) is 2.87. The second-order valence-electron chi connectivity index (χ2n) is 4.04. The van der Waals surface area contributed by atoms with Gasteiger partial charge in [0.05, 0.1) is 7.11 Å². The lowest BCUT2D eigenvalue weighted by Crippen LogP contribution is -1.83. The van der Waals surface area contributed by atoms with Crippen LogP contribution in [-0.2, 0) is 0 Å². The van der Waals surface area contributed by atoms with E-state index in [-0.39, 0.29) is 0 Å². The van der Waals surface area contributed by atoms with E-state index in [1.54, 1.807) is 13.2 Å². The maximum Gasteiger partial charge on any atom is 0.222 e. The fourth-order valence-corrected chi connectivity index (χ4v) is 1.94. The highest BCUT2D eigenvalue weighted by Gasteiger charge is 2.05. The number of hydrogen-bond acceptors (Lipinski definition) is 4. The van der Waals surface area contributed by atoms with E-state index in [2.05, 4.69) is 5.16 Å². The number of aromatic nitrogens is 1. The van der Waals surface area contributed by atoms with Crippen LogP contribution in [-0.4, -0.2) is 12.3 Å². The van der Waals surface area contributed by atoms with Gasteiger partial charge in [-0.25, -0.2) is 0 Å². The Kier molecular flexibility index (Phi) is 2.41. The molecule has 0 fully saturated rings. The van der Waals surface area contributed by atoms with Crippen LogP contribution in [0.15, 0.2) is 47.0 Å². The molecule has 18 heavy (non-hydrogen) atoms. The Balaban J connectivity index is 2.11. The van der Waals surface area contributed by atoms with Crippen molar-refractivity contribution in [1.82, 2.24) is 5.16 Å². The SMILES string of the molecule is COc1ccc2cc(-c3cc(N)on3)ccc2c1. The number of nitrogen functional groups attached to an aromatic ring is 1. The molecule has 1 heterocycles. The number of ether oxygens (including phenoxy) is 1. The summed E-state index contributed by atoms with van der Waals surface area (Å²) in [4.78, 5) is 0. The molecule has 90 valence electrons. The zero-order chi connectivity index (χ0) is 12.5. The van der Waals surface area contributed by atoms with Gasteiger partial charge in [0, 0.05) is 11.6 Å². The highest BCUT2D eigenvalue weighted by atomic mass is 16.5. The van der Waals surface area contributed by atoms with Crippen LogP contribution in [0.4, 0.5) is 5.88 Å². The van der Waals surface area contributed by atoms with Gasteiger partial charge in [0.25, 0.3) is 0 Å². The quantitative estimate of drug-likeness (QED) is 0.747. The van der Waals surface area contributed by atoms with Crippen molar-refractivity contribution >= 4 is 16.7 Å². The average molecular weight is 240 g/mol. The smallest absolute Gasteiger partial charge is 0.222 e. The molecule has 0 unspecified atom stereocenters. The Morgan fingerprint density at radius 2 is 1.83 bits per heavy atom. The van der Waals surface area contributed by atoms with Gasteiger partial charge in [-0.3, -0.25) is 0 Å². The molecule has 4 nitrogen and oxygen atoms in total. The number of rotatable bonds is 2.